The van der Waals surface area contributed by atoms with Crippen molar-refractivity contribution in [1.29, 1.82) is 0 Å². The van der Waals surface area contributed by atoms with E-state index in [2.05, 4.69) is 24.6 Å². The SMILES string of the molecule is CC1(C)C2CCC1(CS(=O)(=O)NCCC1=CCCCC1)C(=O)C2. The third-order valence-corrected chi connectivity index (χ3v) is 8.25. The smallest absolute Gasteiger partial charge is 0.212 e. The second-order valence-electron chi connectivity index (χ2n) is 8.18. The average molecular weight is 340 g/mol. The molecule has 3 aliphatic rings. The van der Waals surface area contributed by atoms with Crippen LogP contribution in [-0.4, -0.2) is 26.5 Å². The number of rotatable bonds is 6. The fourth-order valence-electron chi connectivity index (χ4n) is 4.98. The monoisotopic (exact) mass is 339 g/mol. The van der Waals surface area contributed by atoms with Crippen molar-refractivity contribution in [3.63, 3.8) is 0 Å². The lowest BCUT2D eigenvalue weighted by atomic mass is 9.70. The van der Waals surface area contributed by atoms with E-state index in [0.29, 0.717) is 18.9 Å². The van der Waals surface area contributed by atoms with E-state index in [1.807, 2.05) is 0 Å². The lowest BCUT2D eigenvalue weighted by molar-refractivity contribution is -0.128. The van der Waals surface area contributed by atoms with Crippen LogP contribution in [0.1, 0.15) is 65.2 Å². The number of ketones is 1. The molecule has 2 unspecified atom stereocenters. The average Bonchev–Trinajstić information content (AvgIpc) is 2.82. The van der Waals surface area contributed by atoms with E-state index in [1.54, 1.807) is 0 Å². The first-order valence-electron chi connectivity index (χ1n) is 8.95. The summed E-state index contributed by atoms with van der Waals surface area (Å²) in [5.74, 6) is 0.498. The number of allylic oxidation sites excluding steroid dienone is 1. The zero-order valence-electron chi connectivity index (χ0n) is 14.4. The number of carbonyl (C=O) groups excluding carboxylic acids is 1. The van der Waals surface area contributed by atoms with Gasteiger partial charge in [-0.2, -0.15) is 0 Å². The molecule has 0 aromatic carbocycles. The van der Waals surface area contributed by atoms with Crippen molar-refractivity contribution in [2.24, 2.45) is 16.7 Å². The first-order valence-corrected chi connectivity index (χ1v) is 10.6. The van der Waals surface area contributed by atoms with Gasteiger partial charge in [0.1, 0.15) is 5.78 Å². The van der Waals surface area contributed by atoms with Gasteiger partial charge in [-0.25, -0.2) is 13.1 Å². The third kappa shape index (κ3) is 3.02. The van der Waals surface area contributed by atoms with Gasteiger partial charge in [-0.05, 0) is 56.3 Å². The number of hydrogen-bond acceptors (Lipinski definition) is 3. The van der Waals surface area contributed by atoms with Gasteiger partial charge in [0.15, 0.2) is 0 Å². The summed E-state index contributed by atoms with van der Waals surface area (Å²) < 4.78 is 27.9. The first kappa shape index (κ1) is 17.2. The molecule has 0 aromatic rings. The Morgan fingerprint density at radius 2 is 2.09 bits per heavy atom. The fourth-order valence-corrected chi connectivity index (χ4v) is 6.82. The maximum atomic E-state index is 12.6. The van der Waals surface area contributed by atoms with Crippen molar-refractivity contribution in [2.45, 2.75) is 65.2 Å². The number of sulfonamides is 1. The molecule has 130 valence electrons. The zero-order valence-corrected chi connectivity index (χ0v) is 15.2. The van der Waals surface area contributed by atoms with Crippen molar-refractivity contribution < 1.29 is 13.2 Å². The van der Waals surface area contributed by atoms with Crippen LogP contribution in [0.5, 0.6) is 0 Å². The molecule has 5 heteroatoms. The predicted molar refractivity (Wildman–Crippen MR) is 91.5 cm³/mol. The van der Waals surface area contributed by atoms with Crippen LogP contribution in [0.25, 0.3) is 0 Å². The van der Waals surface area contributed by atoms with Crippen LogP contribution in [0.3, 0.4) is 0 Å². The van der Waals surface area contributed by atoms with E-state index >= 15 is 0 Å². The predicted octanol–water partition coefficient (Wildman–Crippen LogP) is 3.19. The second-order valence-corrected chi connectivity index (χ2v) is 9.99. The lowest BCUT2D eigenvalue weighted by Crippen LogP contribution is -2.45. The highest BCUT2D eigenvalue weighted by atomic mass is 32.2. The third-order valence-electron chi connectivity index (χ3n) is 6.73. The number of fused-ring (bicyclic) bond motifs is 2. The molecule has 4 nitrogen and oxygen atoms in total. The molecule has 0 saturated heterocycles. The Balaban J connectivity index is 1.62. The Labute approximate surface area is 140 Å². The molecule has 2 atom stereocenters. The van der Waals surface area contributed by atoms with Gasteiger partial charge >= 0.3 is 0 Å². The maximum Gasteiger partial charge on any atom is 0.212 e. The van der Waals surface area contributed by atoms with E-state index in [4.69, 9.17) is 0 Å². The molecule has 1 N–H and O–H groups in total. The molecule has 2 fully saturated rings. The topological polar surface area (TPSA) is 63.2 Å². The van der Waals surface area contributed by atoms with Crippen molar-refractivity contribution in [1.82, 2.24) is 4.72 Å². The second kappa shape index (κ2) is 5.99. The molecule has 0 aliphatic heterocycles. The van der Waals surface area contributed by atoms with Gasteiger partial charge < -0.3 is 0 Å². The molecule has 0 heterocycles. The minimum atomic E-state index is -3.41. The van der Waals surface area contributed by atoms with E-state index in [-0.39, 0.29) is 17.0 Å². The van der Waals surface area contributed by atoms with Gasteiger partial charge in [-0.1, -0.05) is 25.5 Å². The Kier molecular flexibility index (Phi) is 4.47. The largest absolute Gasteiger partial charge is 0.299 e. The van der Waals surface area contributed by atoms with Crippen LogP contribution < -0.4 is 4.72 Å². The summed E-state index contributed by atoms with van der Waals surface area (Å²) in [7, 11) is -3.41. The standard InChI is InChI=1S/C18H29NO3S/c1-17(2)15-8-10-18(17,16(20)12-15)13-23(21,22)19-11-9-14-6-4-3-5-7-14/h6,15,19H,3-5,7-13H2,1-2H3. The van der Waals surface area contributed by atoms with E-state index in [0.717, 1.165) is 32.1 Å². The van der Waals surface area contributed by atoms with E-state index in [9.17, 15) is 13.2 Å². The number of Topliss-reactive ketones (excluding diaryl/α,β-unsaturated/α-hetero) is 1. The molecule has 0 radical (unpaired) electrons. The Morgan fingerprint density at radius 1 is 1.30 bits per heavy atom. The van der Waals surface area contributed by atoms with Crippen molar-refractivity contribution >= 4 is 15.8 Å². The summed E-state index contributed by atoms with van der Waals surface area (Å²) >= 11 is 0. The first-order chi connectivity index (χ1) is 10.8. The molecule has 2 bridgehead atoms. The minimum absolute atomic E-state index is 0.0264. The highest BCUT2D eigenvalue weighted by Crippen LogP contribution is 2.64. The summed E-state index contributed by atoms with van der Waals surface area (Å²) in [5, 5.41) is 0. The molecule has 3 rings (SSSR count). The van der Waals surface area contributed by atoms with Crippen LogP contribution >= 0.6 is 0 Å². The van der Waals surface area contributed by atoms with Crippen molar-refractivity contribution in [3.8, 4) is 0 Å². The van der Waals surface area contributed by atoms with Crippen LogP contribution in [0, 0.1) is 16.7 Å². The van der Waals surface area contributed by atoms with Gasteiger partial charge in [0, 0.05) is 18.4 Å². The highest BCUT2D eigenvalue weighted by molar-refractivity contribution is 7.89. The normalized spacial score (nSPS) is 33.0. The molecule has 2 saturated carbocycles. The Bertz CT molecular complexity index is 620. The summed E-state index contributed by atoms with van der Waals surface area (Å²) in [6, 6.07) is 0. The quantitative estimate of drug-likeness (QED) is 0.756. The van der Waals surface area contributed by atoms with Gasteiger partial charge in [-0.3, -0.25) is 4.79 Å². The number of nitrogens with one attached hydrogen (secondary N) is 1. The molecule has 0 spiro atoms. The summed E-state index contributed by atoms with van der Waals surface area (Å²) in [5.41, 5.74) is 0.522. The maximum absolute atomic E-state index is 12.6. The van der Waals surface area contributed by atoms with Gasteiger partial charge in [0.05, 0.1) is 5.75 Å². The number of carbonyl (C=O) groups is 1. The number of hydrogen-bond donors (Lipinski definition) is 1. The Morgan fingerprint density at radius 3 is 2.65 bits per heavy atom. The van der Waals surface area contributed by atoms with E-state index in [1.165, 1.54) is 18.4 Å². The van der Waals surface area contributed by atoms with Crippen molar-refractivity contribution in [2.75, 3.05) is 12.3 Å². The summed E-state index contributed by atoms with van der Waals surface area (Å²) in [4.78, 5) is 12.5. The fraction of sp³-hybridized carbons (Fsp3) is 0.833. The van der Waals surface area contributed by atoms with Crippen LogP contribution in [0.4, 0.5) is 0 Å². The summed E-state index contributed by atoms with van der Waals surface area (Å²) in [6.45, 7) is 4.62. The molecule has 3 aliphatic carbocycles. The molecule has 23 heavy (non-hydrogen) atoms. The van der Waals surface area contributed by atoms with Crippen LogP contribution in [-0.2, 0) is 14.8 Å². The summed E-state index contributed by atoms with van der Waals surface area (Å²) in [6.07, 6.45) is 10.0. The van der Waals surface area contributed by atoms with E-state index < -0.39 is 15.4 Å². The van der Waals surface area contributed by atoms with Crippen LogP contribution in [0.15, 0.2) is 11.6 Å². The Hall–Kier alpha value is -0.680. The van der Waals surface area contributed by atoms with Crippen LogP contribution in [0.2, 0.25) is 0 Å². The minimum Gasteiger partial charge on any atom is -0.299 e. The van der Waals surface area contributed by atoms with Gasteiger partial charge in [-0.15, -0.1) is 0 Å². The zero-order chi connectivity index (χ0) is 16.7. The molecule has 0 aromatic heterocycles. The van der Waals surface area contributed by atoms with Crippen molar-refractivity contribution in [3.05, 3.63) is 11.6 Å². The van der Waals surface area contributed by atoms with Gasteiger partial charge in [0.2, 0.25) is 10.0 Å². The molecular formula is C18H29NO3S. The molecular weight excluding hydrogens is 310 g/mol. The molecule has 0 amide bonds. The van der Waals surface area contributed by atoms with Gasteiger partial charge in [0.25, 0.3) is 0 Å². The highest BCUT2D eigenvalue weighted by Gasteiger charge is 2.65. The lowest BCUT2D eigenvalue weighted by Gasteiger charge is -2.36.